The first-order valence-electron chi connectivity index (χ1n) is 8.68. The second-order valence-corrected chi connectivity index (χ2v) is 6.33. The van der Waals surface area contributed by atoms with Crippen molar-refractivity contribution in [3.05, 3.63) is 36.4 Å². The van der Waals surface area contributed by atoms with Crippen LogP contribution < -0.4 is 9.80 Å². The van der Waals surface area contributed by atoms with Gasteiger partial charge in [-0.2, -0.15) is 4.39 Å². The van der Waals surface area contributed by atoms with E-state index < -0.39 is 5.95 Å². The van der Waals surface area contributed by atoms with E-state index in [2.05, 4.69) is 24.8 Å². The van der Waals surface area contributed by atoms with Crippen LogP contribution in [-0.4, -0.2) is 59.3 Å². The topological polar surface area (TPSA) is 67.3 Å². The van der Waals surface area contributed by atoms with Crippen molar-refractivity contribution in [3.8, 4) is 0 Å². The molecule has 7 nitrogen and oxygen atoms in total. The van der Waals surface area contributed by atoms with Crippen LogP contribution >= 0.6 is 0 Å². The van der Waals surface area contributed by atoms with Crippen molar-refractivity contribution in [2.45, 2.75) is 18.8 Å². The molecule has 0 spiro atoms. The molecule has 8 heteroatoms. The lowest BCUT2D eigenvalue weighted by Gasteiger charge is -2.32. The lowest BCUT2D eigenvalue weighted by molar-refractivity contribution is 0.122. The van der Waals surface area contributed by atoms with Gasteiger partial charge in [0.15, 0.2) is 0 Å². The first-order chi connectivity index (χ1) is 12.3. The molecule has 0 aromatic carbocycles. The van der Waals surface area contributed by atoms with Gasteiger partial charge in [0.1, 0.15) is 17.5 Å². The van der Waals surface area contributed by atoms with Gasteiger partial charge in [0.25, 0.3) is 0 Å². The van der Waals surface area contributed by atoms with Gasteiger partial charge in [-0.25, -0.2) is 19.9 Å². The fraction of sp³-hybridized carbons (Fsp3) is 0.529. The van der Waals surface area contributed by atoms with Crippen molar-refractivity contribution < 1.29 is 9.13 Å². The van der Waals surface area contributed by atoms with Crippen molar-refractivity contribution in [2.75, 3.05) is 49.2 Å². The van der Waals surface area contributed by atoms with Gasteiger partial charge < -0.3 is 14.5 Å². The lowest BCUT2D eigenvalue weighted by Crippen LogP contribution is -2.37. The van der Waals surface area contributed by atoms with Crippen molar-refractivity contribution in [1.82, 2.24) is 19.9 Å². The Hall–Kier alpha value is -2.35. The molecule has 2 saturated heterocycles. The van der Waals surface area contributed by atoms with E-state index in [1.807, 2.05) is 12.3 Å². The first kappa shape index (κ1) is 16.1. The smallest absolute Gasteiger partial charge is 0.231 e. The van der Waals surface area contributed by atoms with Gasteiger partial charge in [0.05, 0.1) is 25.6 Å². The van der Waals surface area contributed by atoms with Crippen molar-refractivity contribution >= 4 is 11.6 Å². The summed E-state index contributed by atoms with van der Waals surface area (Å²) in [4.78, 5) is 21.5. The third-order valence-corrected chi connectivity index (χ3v) is 4.79. The first-order valence-corrected chi connectivity index (χ1v) is 8.68. The molecule has 0 radical (unpaired) electrons. The summed E-state index contributed by atoms with van der Waals surface area (Å²) in [5.74, 6) is 2.41. The Morgan fingerprint density at radius 3 is 2.40 bits per heavy atom. The van der Waals surface area contributed by atoms with Crippen LogP contribution in [0.3, 0.4) is 0 Å². The van der Waals surface area contributed by atoms with E-state index in [1.54, 1.807) is 0 Å². The number of piperidine rings is 1. The van der Waals surface area contributed by atoms with Gasteiger partial charge in [0.2, 0.25) is 5.95 Å². The molecule has 2 aromatic heterocycles. The molecule has 0 N–H and O–H groups in total. The number of morpholine rings is 1. The number of aromatic nitrogens is 4. The van der Waals surface area contributed by atoms with E-state index in [0.717, 1.165) is 75.9 Å². The van der Waals surface area contributed by atoms with Crippen molar-refractivity contribution in [3.63, 3.8) is 0 Å². The number of halogens is 1. The SMILES string of the molecule is Fc1cnc(N2CCC(c3nccc(N4CCOCC4)n3)CC2)cn1. The molecule has 2 aromatic rings. The number of nitrogens with zero attached hydrogens (tertiary/aromatic N) is 6. The Morgan fingerprint density at radius 1 is 0.920 bits per heavy atom. The number of rotatable bonds is 3. The quantitative estimate of drug-likeness (QED) is 0.838. The van der Waals surface area contributed by atoms with Crippen LogP contribution in [0.4, 0.5) is 16.0 Å². The average Bonchev–Trinajstić information content (AvgIpc) is 2.70. The molecule has 0 bridgehead atoms. The van der Waals surface area contributed by atoms with E-state index in [1.165, 1.54) is 6.20 Å². The van der Waals surface area contributed by atoms with Crippen LogP contribution in [0.25, 0.3) is 0 Å². The molecular formula is C17H21FN6O. The lowest BCUT2D eigenvalue weighted by atomic mass is 9.96. The molecule has 2 aliphatic rings. The summed E-state index contributed by atoms with van der Waals surface area (Å²) in [5.41, 5.74) is 0. The van der Waals surface area contributed by atoms with E-state index in [0.29, 0.717) is 5.92 Å². The molecule has 0 saturated carbocycles. The normalized spacial score (nSPS) is 19.2. The number of hydrogen-bond acceptors (Lipinski definition) is 7. The van der Waals surface area contributed by atoms with Gasteiger partial charge in [-0.1, -0.05) is 0 Å². The predicted octanol–water partition coefficient (Wildman–Crippen LogP) is 1.63. The van der Waals surface area contributed by atoms with E-state index in [-0.39, 0.29) is 0 Å². The molecule has 132 valence electrons. The van der Waals surface area contributed by atoms with Crippen LogP contribution in [0, 0.1) is 5.95 Å². The predicted molar refractivity (Wildman–Crippen MR) is 91.2 cm³/mol. The summed E-state index contributed by atoms with van der Waals surface area (Å²) >= 11 is 0. The Labute approximate surface area is 145 Å². The molecule has 4 heterocycles. The minimum Gasteiger partial charge on any atom is -0.378 e. The maximum atomic E-state index is 12.9. The zero-order valence-electron chi connectivity index (χ0n) is 14.0. The van der Waals surface area contributed by atoms with Crippen LogP contribution in [0.1, 0.15) is 24.6 Å². The third-order valence-electron chi connectivity index (χ3n) is 4.79. The molecule has 2 fully saturated rings. The summed E-state index contributed by atoms with van der Waals surface area (Å²) in [7, 11) is 0. The fourth-order valence-electron chi connectivity index (χ4n) is 3.36. The maximum Gasteiger partial charge on any atom is 0.231 e. The summed E-state index contributed by atoms with van der Waals surface area (Å²) in [6.45, 7) is 4.93. The Balaban J connectivity index is 1.41. The maximum absolute atomic E-state index is 12.9. The van der Waals surface area contributed by atoms with Gasteiger partial charge in [-0.3, -0.25) is 0 Å². The summed E-state index contributed by atoms with van der Waals surface area (Å²) in [6, 6.07) is 1.97. The molecular weight excluding hydrogens is 323 g/mol. The molecule has 0 aliphatic carbocycles. The molecule has 4 rings (SSSR count). The minimum atomic E-state index is -0.549. The Bertz CT molecular complexity index is 699. The van der Waals surface area contributed by atoms with Crippen LogP contribution in [0.2, 0.25) is 0 Å². The Morgan fingerprint density at radius 2 is 1.68 bits per heavy atom. The van der Waals surface area contributed by atoms with E-state index in [9.17, 15) is 4.39 Å². The summed E-state index contributed by atoms with van der Waals surface area (Å²) in [5, 5.41) is 0. The van der Waals surface area contributed by atoms with Gasteiger partial charge in [0, 0.05) is 38.3 Å². The van der Waals surface area contributed by atoms with Gasteiger partial charge >= 0.3 is 0 Å². The van der Waals surface area contributed by atoms with E-state index >= 15 is 0 Å². The third kappa shape index (κ3) is 3.68. The molecule has 0 atom stereocenters. The number of hydrogen-bond donors (Lipinski definition) is 0. The largest absolute Gasteiger partial charge is 0.378 e. The standard InChI is InChI=1S/C17H21FN6O/c18-14-11-21-16(12-20-14)23-5-2-13(3-6-23)17-19-4-1-15(22-17)24-7-9-25-10-8-24/h1,4,11-13H,2-3,5-10H2. The molecule has 0 amide bonds. The highest BCUT2D eigenvalue weighted by Gasteiger charge is 2.24. The average molecular weight is 344 g/mol. The monoisotopic (exact) mass is 344 g/mol. The number of anilines is 2. The number of ether oxygens (including phenoxy) is 1. The Kier molecular flexibility index (Phi) is 4.69. The summed E-state index contributed by atoms with van der Waals surface area (Å²) < 4.78 is 18.3. The van der Waals surface area contributed by atoms with Crippen LogP contribution in [0.15, 0.2) is 24.7 Å². The second-order valence-electron chi connectivity index (χ2n) is 6.33. The van der Waals surface area contributed by atoms with Gasteiger partial charge in [-0.05, 0) is 18.9 Å². The second kappa shape index (κ2) is 7.26. The highest BCUT2D eigenvalue weighted by Crippen LogP contribution is 2.28. The highest BCUT2D eigenvalue weighted by molar-refractivity contribution is 5.39. The molecule has 25 heavy (non-hydrogen) atoms. The summed E-state index contributed by atoms with van der Waals surface area (Å²) in [6.07, 6.45) is 6.41. The van der Waals surface area contributed by atoms with Crippen molar-refractivity contribution in [1.29, 1.82) is 0 Å². The van der Waals surface area contributed by atoms with Crippen LogP contribution in [-0.2, 0) is 4.74 Å². The molecule has 2 aliphatic heterocycles. The van der Waals surface area contributed by atoms with Crippen LogP contribution in [0.5, 0.6) is 0 Å². The zero-order valence-corrected chi connectivity index (χ0v) is 14.0. The van der Waals surface area contributed by atoms with Gasteiger partial charge in [-0.15, -0.1) is 0 Å². The molecule has 0 unspecified atom stereocenters. The minimum absolute atomic E-state index is 0.339. The zero-order chi connectivity index (χ0) is 17.1. The highest BCUT2D eigenvalue weighted by atomic mass is 19.1. The van der Waals surface area contributed by atoms with E-state index in [4.69, 9.17) is 9.72 Å². The van der Waals surface area contributed by atoms with Crippen molar-refractivity contribution in [2.24, 2.45) is 0 Å². The fourth-order valence-corrected chi connectivity index (χ4v) is 3.36.